The average molecular weight is 407 g/mol. The summed E-state index contributed by atoms with van der Waals surface area (Å²) in [5.74, 6) is 0.758. The van der Waals surface area contributed by atoms with Crippen molar-refractivity contribution in [3.63, 3.8) is 0 Å². The minimum Gasteiger partial charge on any atom is -0.507 e. The summed E-state index contributed by atoms with van der Waals surface area (Å²) in [5, 5.41) is 10.5. The highest BCUT2D eigenvalue weighted by molar-refractivity contribution is 6.03. The van der Waals surface area contributed by atoms with Crippen molar-refractivity contribution in [2.75, 3.05) is 7.11 Å². The summed E-state index contributed by atoms with van der Waals surface area (Å²) in [6, 6.07) is 11.2. The molecule has 1 heterocycles. The molecule has 0 saturated carbocycles. The van der Waals surface area contributed by atoms with Gasteiger partial charge in [-0.2, -0.15) is 0 Å². The predicted octanol–water partition coefficient (Wildman–Crippen LogP) is 6.34. The summed E-state index contributed by atoms with van der Waals surface area (Å²) in [6.45, 7) is 6.31. The van der Waals surface area contributed by atoms with E-state index in [1.807, 2.05) is 30.3 Å². The van der Waals surface area contributed by atoms with Gasteiger partial charge in [0.2, 0.25) is 0 Å². The third kappa shape index (κ3) is 4.93. The molecule has 0 bridgehead atoms. The smallest absolute Gasteiger partial charge is 0.174 e. The van der Waals surface area contributed by atoms with Crippen molar-refractivity contribution in [1.29, 1.82) is 0 Å². The highest BCUT2D eigenvalue weighted by atomic mass is 16.5. The Morgan fingerprint density at radius 2 is 1.93 bits per heavy atom. The summed E-state index contributed by atoms with van der Waals surface area (Å²) in [4.78, 5) is 12.9. The van der Waals surface area contributed by atoms with E-state index in [1.165, 1.54) is 17.2 Å². The van der Waals surface area contributed by atoms with Crippen LogP contribution in [0.4, 0.5) is 0 Å². The lowest BCUT2D eigenvalue weighted by Gasteiger charge is -2.28. The first-order chi connectivity index (χ1) is 14.4. The molecule has 0 amide bonds. The van der Waals surface area contributed by atoms with Gasteiger partial charge >= 0.3 is 0 Å². The van der Waals surface area contributed by atoms with Gasteiger partial charge in [-0.25, -0.2) is 0 Å². The fourth-order valence-electron chi connectivity index (χ4n) is 3.71. The highest BCUT2D eigenvalue weighted by Gasteiger charge is 2.33. The lowest BCUT2D eigenvalue weighted by Crippen LogP contribution is -2.22. The van der Waals surface area contributed by atoms with E-state index in [4.69, 9.17) is 9.47 Å². The van der Waals surface area contributed by atoms with Crippen LogP contribution in [0.25, 0.3) is 0 Å². The Bertz CT molecular complexity index is 966. The van der Waals surface area contributed by atoms with Gasteiger partial charge in [0.15, 0.2) is 5.78 Å². The Kier molecular flexibility index (Phi) is 6.99. The molecule has 0 radical (unpaired) electrons. The summed E-state index contributed by atoms with van der Waals surface area (Å²) in [6.07, 6.45) is 6.75. The van der Waals surface area contributed by atoms with Crippen molar-refractivity contribution >= 4 is 5.78 Å². The second kappa shape index (κ2) is 9.66. The molecule has 0 spiro atoms. The lowest BCUT2D eigenvalue weighted by atomic mass is 9.92. The van der Waals surface area contributed by atoms with E-state index in [2.05, 4.69) is 32.9 Å². The molecule has 1 aliphatic rings. The Balaban J connectivity index is 1.95. The Hall–Kier alpha value is -3.01. The number of phenolic OH excluding ortho intramolecular Hbond substituents is 1. The van der Waals surface area contributed by atoms with Crippen molar-refractivity contribution in [3.05, 3.63) is 76.4 Å². The second-order valence-electron chi connectivity index (χ2n) is 8.00. The van der Waals surface area contributed by atoms with E-state index in [0.717, 1.165) is 24.0 Å². The van der Waals surface area contributed by atoms with E-state index in [1.54, 1.807) is 7.11 Å². The normalized spacial score (nSPS) is 15.9. The summed E-state index contributed by atoms with van der Waals surface area (Å²) in [5.41, 5.74) is 4.57. The molecule has 4 heteroatoms. The number of ether oxygens (including phenoxy) is 2. The summed E-state index contributed by atoms with van der Waals surface area (Å²) >= 11 is 0. The van der Waals surface area contributed by atoms with Gasteiger partial charge in [0.25, 0.3) is 0 Å². The number of aromatic hydroxyl groups is 1. The molecule has 0 aromatic heterocycles. The largest absolute Gasteiger partial charge is 0.507 e. The van der Waals surface area contributed by atoms with Crippen LogP contribution in [0.1, 0.15) is 67.6 Å². The van der Waals surface area contributed by atoms with Crippen LogP contribution in [0, 0.1) is 0 Å². The quantitative estimate of drug-likeness (QED) is 0.545. The minimum atomic E-state index is -0.376. The van der Waals surface area contributed by atoms with E-state index >= 15 is 0 Å². The topological polar surface area (TPSA) is 55.8 Å². The van der Waals surface area contributed by atoms with E-state index in [9.17, 15) is 9.90 Å². The Morgan fingerprint density at radius 3 is 2.60 bits per heavy atom. The van der Waals surface area contributed by atoms with Crippen LogP contribution in [-0.4, -0.2) is 18.0 Å². The molecule has 1 N–H and O–H groups in total. The Morgan fingerprint density at radius 1 is 1.20 bits per heavy atom. The maximum Gasteiger partial charge on any atom is 0.174 e. The molecule has 1 aliphatic heterocycles. The van der Waals surface area contributed by atoms with Crippen molar-refractivity contribution in [1.82, 2.24) is 0 Å². The van der Waals surface area contributed by atoms with Gasteiger partial charge in [-0.15, -0.1) is 0 Å². The number of Topliss-reactive ketones (excluding diaryl/α,β-unsaturated/α-hetero) is 1. The van der Waals surface area contributed by atoms with Crippen LogP contribution >= 0.6 is 0 Å². The highest BCUT2D eigenvalue weighted by Crippen LogP contribution is 2.45. The summed E-state index contributed by atoms with van der Waals surface area (Å²) in [7, 11) is 1.56. The minimum absolute atomic E-state index is 0.0913. The van der Waals surface area contributed by atoms with Gasteiger partial charge in [0, 0.05) is 11.6 Å². The molecule has 0 aliphatic carbocycles. The predicted molar refractivity (Wildman–Crippen MR) is 120 cm³/mol. The van der Waals surface area contributed by atoms with Crippen LogP contribution in [0.3, 0.4) is 0 Å². The molecule has 4 nitrogen and oxygen atoms in total. The number of rotatable bonds is 7. The number of benzene rings is 2. The van der Waals surface area contributed by atoms with Crippen molar-refractivity contribution in [3.8, 4) is 17.2 Å². The van der Waals surface area contributed by atoms with Gasteiger partial charge in [-0.05, 0) is 45.6 Å². The molecule has 0 saturated heterocycles. The average Bonchev–Trinajstić information content (AvgIpc) is 2.72. The number of hydrogen-bond acceptors (Lipinski definition) is 4. The van der Waals surface area contributed by atoms with Gasteiger partial charge < -0.3 is 14.6 Å². The van der Waals surface area contributed by atoms with Crippen LogP contribution in [0.2, 0.25) is 0 Å². The number of phenols is 1. The lowest BCUT2D eigenvalue weighted by molar-refractivity contribution is 0.0842. The zero-order chi connectivity index (χ0) is 21.7. The van der Waals surface area contributed by atoms with Crippen LogP contribution in [0.15, 0.2) is 59.7 Å². The Labute approximate surface area is 178 Å². The molecule has 2 aromatic rings. The van der Waals surface area contributed by atoms with Crippen molar-refractivity contribution in [2.24, 2.45) is 0 Å². The molecule has 0 unspecified atom stereocenters. The van der Waals surface area contributed by atoms with Crippen molar-refractivity contribution in [2.45, 2.75) is 52.6 Å². The number of ketones is 1. The van der Waals surface area contributed by atoms with E-state index < -0.39 is 0 Å². The molecular weight excluding hydrogens is 376 g/mol. The maximum atomic E-state index is 12.9. The summed E-state index contributed by atoms with van der Waals surface area (Å²) < 4.78 is 11.8. The zero-order valence-electron chi connectivity index (χ0n) is 18.2. The zero-order valence-corrected chi connectivity index (χ0v) is 18.2. The van der Waals surface area contributed by atoms with Gasteiger partial charge in [0.1, 0.15) is 28.9 Å². The fourth-order valence-corrected chi connectivity index (χ4v) is 3.71. The van der Waals surface area contributed by atoms with E-state index in [0.29, 0.717) is 17.9 Å². The molecule has 1 atom stereocenters. The fraction of sp³-hybridized carbons (Fsp3) is 0.346. The third-order valence-corrected chi connectivity index (χ3v) is 5.37. The SMILES string of the molecule is COc1cc(O)c2c(c1CC=C(C)CCC=C(C)C)O[C@H](c1ccccc1)CC2=O. The third-order valence-electron chi connectivity index (χ3n) is 5.37. The molecular formula is C26H30O4. The number of methoxy groups -OCH3 is 1. The van der Waals surface area contributed by atoms with E-state index in [-0.39, 0.29) is 29.6 Å². The van der Waals surface area contributed by atoms with Gasteiger partial charge in [0.05, 0.1) is 13.5 Å². The van der Waals surface area contributed by atoms with Crippen LogP contribution in [-0.2, 0) is 6.42 Å². The number of hydrogen-bond donors (Lipinski definition) is 1. The number of fused-ring (bicyclic) bond motifs is 1. The number of allylic oxidation sites excluding steroid dienone is 4. The van der Waals surface area contributed by atoms with Crippen molar-refractivity contribution < 1.29 is 19.4 Å². The monoisotopic (exact) mass is 406 g/mol. The van der Waals surface area contributed by atoms with Gasteiger partial charge in [-0.1, -0.05) is 53.6 Å². The van der Waals surface area contributed by atoms with Crippen LogP contribution in [0.5, 0.6) is 17.2 Å². The molecule has 2 aromatic carbocycles. The maximum absolute atomic E-state index is 12.9. The molecule has 30 heavy (non-hydrogen) atoms. The molecule has 0 fully saturated rings. The standard InChI is InChI=1S/C26H30O4/c1-17(2)9-8-10-18(3)13-14-20-24(29-4)16-22(28)25-21(27)15-23(30-26(20)25)19-11-6-5-7-12-19/h5-7,9,11-13,16,23,28H,8,10,14-15H2,1-4H3/t23-/m0/s1. The first-order valence-electron chi connectivity index (χ1n) is 10.4. The first-order valence-corrected chi connectivity index (χ1v) is 10.4. The molecule has 158 valence electrons. The van der Waals surface area contributed by atoms with Gasteiger partial charge in [-0.3, -0.25) is 4.79 Å². The number of carbonyl (C=O) groups is 1. The number of carbonyl (C=O) groups excluding carboxylic acids is 1. The van der Waals surface area contributed by atoms with Crippen LogP contribution < -0.4 is 9.47 Å². The second-order valence-corrected chi connectivity index (χ2v) is 8.00. The molecule has 3 rings (SSSR count). The first kappa shape index (κ1) is 21.7.